The number of benzene rings is 1. The summed E-state index contributed by atoms with van der Waals surface area (Å²) >= 11 is 0. The summed E-state index contributed by atoms with van der Waals surface area (Å²) in [6.45, 7) is 3.18. The van der Waals surface area contributed by atoms with E-state index >= 15 is 0 Å². The van der Waals surface area contributed by atoms with Gasteiger partial charge in [-0.3, -0.25) is 4.79 Å². The van der Waals surface area contributed by atoms with Gasteiger partial charge in [0.2, 0.25) is 5.91 Å². The van der Waals surface area contributed by atoms with Gasteiger partial charge in [0.15, 0.2) is 0 Å². The van der Waals surface area contributed by atoms with Gasteiger partial charge in [-0.15, -0.1) is 0 Å². The van der Waals surface area contributed by atoms with Crippen LogP contribution in [0.25, 0.3) is 0 Å². The highest BCUT2D eigenvalue weighted by atomic mass is 16.5. The second-order valence-electron chi connectivity index (χ2n) is 6.20. The fourth-order valence-corrected chi connectivity index (χ4v) is 2.82. The molecule has 4 heteroatoms. The maximum absolute atomic E-state index is 11.9. The summed E-state index contributed by atoms with van der Waals surface area (Å²) in [4.78, 5) is 11.9. The van der Waals surface area contributed by atoms with Crippen molar-refractivity contribution >= 4 is 5.91 Å². The number of carbonyl (C=O) groups excluding carboxylic acids is 1. The largest absolute Gasteiger partial charge is 0.490 e. The molecule has 1 fully saturated rings. The molecule has 1 unspecified atom stereocenters. The molecule has 1 saturated carbocycles. The first-order chi connectivity index (χ1) is 10.7. The van der Waals surface area contributed by atoms with Crippen LogP contribution in [0.4, 0.5) is 0 Å². The van der Waals surface area contributed by atoms with E-state index < -0.39 is 0 Å². The average Bonchev–Trinajstić information content (AvgIpc) is 2.55. The lowest BCUT2D eigenvalue weighted by atomic mass is 9.98. The minimum Gasteiger partial charge on any atom is -0.490 e. The third kappa shape index (κ3) is 5.34. The Hall–Kier alpha value is -1.55. The Morgan fingerprint density at radius 2 is 1.91 bits per heavy atom. The van der Waals surface area contributed by atoms with Crippen LogP contribution in [-0.2, 0) is 11.3 Å². The van der Waals surface area contributed by atoms with Crippen molar-refractivity contribution in [2.24, 2.45) is 5.92 Å². The Morgan fingerprint density at radius 3 is 2.55 bits per heavy atom. The van der Waals surface area contributed by atoms with E-state index in [0.29, 0.717) is 19.2 Å². The van der Waals surface area contributed by atoms with Crippen LogP contribution in [0.15, 0.2) is 24.3 Å². The van der Waals surface area contributed by atoms with Crippen molar-refractivity contribution in [3.8, 4) is 5.75 Å². The van der Waals surface area contributed by atoms with Crippen LogP contribution in [0.1, 0.15) is 44.6 Å². The first kappa shape index (κ1) is 16.8. The Morgan fingerprint density at radius 1 is 1.23 bits per heavy atom. The van der Waals surface area contributed by atoms with E-state index in [1.54, 1.807) is 0 Å². The fraction of sp³-hybridized carbons (Fsp3) is 0.611. The number of nitrogens with one attached hydrogen (secondary N) is 2. The van der Waals surface area contributed by atoms with Crippen LogP contribution in [0, 0.1) is 5.92 Å². The van der Waals surface area contributed by atoms with Crippen LogP contribution < -0.4 is 15.4 Å². The Kier molecular flexibility index (Phi) is 6.72. The first-order valence-electron chi connectivity index (χ1n) is 8.37. The van der Waals surface area contributed by atoms with Gasteiger partial charge in [0, 0.05) is 19.0 Å². The van der Waals surface area contributed by atoms with Crippen LogP contribution in [0.3, 0.4) is 0 Å². The van der Waals surface area contributed by atoms with E-state index in [2.05, 4.69) is 10.6 Å². The molecule has 22 heavy (non-hydrogen) atoms. The minimum absolute atomic E-state index is 0.0149. The number of carbonyl (C=O) groups is 1. The monoisotopic (exact) mass is 304 g/mol. The zero-order chi connectivity index (χ0) is 15.8. The van der Waals surface area contributed by atoms with Gasteiger partial charge >= 0.3 is 0 Å². The molecule has 0 spiro atoms. The summed E-state index contributed by atoms with van der Waals surface area (Å²) in [5.41, 5.74) is 1.10. The summed E-state index contributed by atoms with van der Waals surface area (Å²) in [6.07, 6.45) is 6.60. The van der Waals surface area contributed by atoms with Crippen LogP contribution in [-0.4, -0.2) is 25.6 Å². The number of rotatable bonds is 7. The molecule has 0 aromatic heterocycles. The van der Waals surface area contributed by atoms with Crippen molar-refractivity contribution < 1.29 is 9.53 Å². The molecule has 2 rings (SSSR count). The molecule has 122 valence electrons. The normalized spacial score (nSPS) is 17.0. The second kappa shape index (κ2) is 8.79. The second-order valence-corrected chi connectivity index (χ2v) is 6.20. The van der Waals surface area contributed by atoms with E-state index in [-0.39, 0.29) is 11.8 Å². The van der Waals surface area contributed by atoms with E-state index in [1.807, 2.05) is 38.2 Å². The lowest BCUT2D eigenvalue weighted by Gasteiger charge is -2.23. The van der Waals surface area contributed by atoms with Gasteiger partial charge in [-0.05, 0) is 50.4 Å². The zero-order valence-corrected chi connectivity index (χ0v) is 13.7. The number of amides is 1. The fourth-order valence-electron chi connectivity index (χ4n) is 2.82. The number of hydrogen-bond acceptors (Lipinski definition) is 3. The number of hydrogen-bond donors (Lipinski definition) is 2. The smallest absolute Gasteiger partial charge is 0.224 e. The highest BCUT2D eigenvalue weighted by Crippen LogP contribution is 2.23. The Bertz CT molecular complexity index is 453. The maximum atomic E-state index is 11.9. The van der Waals surface area contributed by atoms with Crippen molar-refractivity contribution in [1.29, 1.82) is 0 Å². The van der Waals surface area contributed by atoms with Crippen molar-refractivity contribution in [3.63, 3.8) is 0 Å². The van der Waals surface area contributed by atoms with Crippen molar-refractivity contribution in [3.05, 3.63) is 29.8 Å². The Labute approximate surface area is 133 Å². The standard InChI is InChI=1S/C18H28N2O2/c1-14(12-19-2)18(21)20-13-15-8-10-17(11-9-15)22-16-6-4-3-5-7-16/h8-11,14,16,19H,3-7,12-13H2,1-2H3,(H,20,21). The van der Waals surface area contributed by atoms with Crippen LogP contribution >= 0.6 is 0 Å². The van der Waals surface area contributed by atoms with Gasteiger partial charge in [-0.1, -0.05) is 25.5 Å². The SMILES string of the molecule is CNCC(C)C(=O)NCc1ccc(OC2CCCCC2)cc1. The Balaban J connectivity index is 1.77. The van der Waals surface area contributed by atoms with Crippen molar-refractivity contribution in [1.82, 2.24) is 10.6 Å². The molecule has 1 aliphatic rings. The molecule has 0 heterocycles. The van der Waals surface area contributed by atoms with E-state index in [4.69, 9.17) is 4.74 Å². The summed E-state index contributed by atoms with van der Waals surface area (Å²) < 4.78 is 6.01. The maximum Gasteiger partial charge on any atom is 0.224 e. The third-order valence-electron chi connectivity index (χ3n) is 4.20. The molecule has 0 saturated heterocycles. The molecule has 1 aromatic carbocycles. The van der Waals surface area contributed by atoms with Gasteiger partial charge in [0.05, 0.1) is 6.10 Å². The lowest BCUT2D eigenvalue weighted by molar-refractivity contribution is -0.124. The molecular weight excluding hydrogens is 276 g/mol. The van der Waals surface area contributed by atoms with Crippen molar-refractivity contribution in [2.45, 2.75) is 51.7 Å². The average molecular weight is 304 g/mol. The predicted molar refractivity (Wildman–Crippen MR) is 88.9 cm³/mol. The van der Waals surface area contributed by atoms with Gasteiger partial charge in [0.25, 0.3) is 0 Å². The van der Waals surface area contributed by atoms with Gasteiger partial charge in [-0.2, -0.15) is 0 Å². The first-order valence-corrected chi connectivity index (χ1v) is 8.37. The lowest BCUT2D eigenvalue weighted by Crippen LogP contribution is -2.33. The molecule has 0 aliphatic heterocycles. The molecule has 1 amide bonds. The summed E-state index contributed by atoms with van der Waals surface area (Å²) in [5, 5.41) is 5.98. The quantitative estimate of drug-likeness (QED) is 0.814. The van der Waals surface area contributed by atoms with Crippen molar-refractivity contribution in [2.75, 3.05) is 13.6 Å². The van der Waals surface area contributed by atoms with Gasteiger partial charge < -0.3 is 15.4 Å². The predicted octanol–water partition coefficient (Wildman–Crippen LogP) is 2.87. The summed E-state index contributed by atoms with van der Waals surface area (Å²) in [7, 11) is 1.86. The summed E-state index contributed by atoms with van der Waals surface area (Å²) in [6, 6.07) is 8.07. The molecule has 1 aliphatic carbocycles. The van der Waals surface area contributed by atoms with Gasteiger partial charge in [-0.25, -0.2) is 0 Å². The molecule has 2 N–H and O–H groups in total. The molecule has 1 aromatic rings. The van der Waals surface area contributed by atoms with E-state index in [0.717, 1.165) is 11.3 Å². The minimum atomic E-state index is -0.0149. The molecule has 1 atom stereocenters. The number of ether oxygens (including phenoxy) is 1. The molecular formula is C18H28N2O2. The highest BCUT2D eigenvalue weighted by Gasteiger charge is 2.15. The third-order valence-corrected chi connectivity index (χ3v) is 4.20. The van der Waals surface area contributed by atoms with Crippen LogP contribution in [0.2, 0.25) is 0 Å². The highest BCUT2D eigenvalue weighted by molar-refractivity contribution is 5.78. The van der Waals surface area contributed by atoms with Crippen LogP contribution in [0.5, 0.6) is 5.75 Å². The topological polar surface area (TPSA) is 50.4 Å². The molecule has 4 nitrogen and oxygen atoms in total. The zero-order valence-electron chi connectivity index (χ0n) is 13.7. The molecule has 0 radical (unpaired) electrons. The van der Waals surface area contributed by atoms with Gasteiger partial charge in [0.1, 0.15) is 5.75 Å². The van der Waals surface area contributed by atoms with E-state index in [9.17, 15) is 4.79 Å². The summed E-state index contributed by atoms with van der Waals surface area (Å²) in [5.74, 6) is 1.00. The van der Waals surface area contributed by atoms with E-state index in [1.165, 1.54) is 32.1 Å². The molecule has 0 bridgehead atoms.